The SMILES string of the molecule is CC(c1ccccc1)n1c(CCl)nc2ccc(F)cc21. The number of alkyl halides is 1. The number of hydrogen-bond donors (Lipinski definition) is 0. The van der Waals surface area contributed by atoms with Gasteiger partial charge in [-0.25, -0.2) is 9.37 Å². The van der Waals surface area contributed by atoms with E-state index in [0.717, 1.165) is 22.4 Å². The van der Waals surface area contributed by atoms with Crippen molar-refractivity contribution in [1.29, 1.82) is 0 Å². The molecular weight excluding hydrogens is 275 g/mol. The number of benzene rings is 2. The van der Waals surface area contributed by atoms with Crippen LogP contribution in [0.5, 0.6) is 0 Å². The predicted octanol–water partition coefficient (Wildman–Crippen LogP) is 4.52. The van der Waals surface area contributed by atoms with E-state index in [0.29, 0.717) is 5.88 Å². The summed E-state index contributed by atoms with van der Waals surface area (Å²) in [5.74, 6) is 0.789. The fourth-order valence-corrected chi connectivity index (χ4v) is 2.71. The van der Waals surface area contributed by atoms with Crippen molar-refractivity contribution >= 4 is 22.6 Å². The molecule has 3 aromatic rings. The largest absolute Gasteiger partial charge is 0.320 e. The van der Waals surface area contributed by atoms with Crippen molar-refractivity contribution in [3.05, 3.63) is 65.7 Å². The minimum atomic E-state index is -0.264. The Balaban J connectivity index is 2.21. The van der Waals surface area contributed by atoms with E-state index in [4.69, 9.17) is 11.6 Å². The van der Waals surface area contributed by atoms with Crippen LogP contribution in [-0.4, -0.2) is 9.55 Å². The lowest BCUT2D eigenvalue weighted by Gasteiger charge is -2.17. The van der Waals surface area contributed by atoms with Gasteiger partial charge in [-0.2, -0.15) is 0 Å². The van der Waals surface area contributed by atoms with Crippen molar-refractivity contribution in [3.63, 3.8) is 0 Å². The van der Waals surface area contributed by atoms with Crippen LogP contribution in [0.3, 0.4) is 0 Å². The quantitative estimate of drug-likeness (QED) is 0.648. The summed E-state index contributed by atoms with van der Waals surface area (Å²) in [6.45, 7) is 2.07. The Morgan fingerprint density at radius 3 is 2.65 bits per heavy atom. The molecule has 0 spiro atoms. The third-order valence-electron chi connectivity index (χ3n) is 3.51. The van der Waals surface area contributed by atoms with Gasteiger partial charge < -0.3 is 4.57 Å². The highest BCUT2D eigenvalue weighted by Gasteiger charge is 2.17. The molecule has 0 bridgehead atoms. The van der Waals surface area contributed by atoms with Gasteiger partial charge in [-0.05, 0) is 30.7 Å². The second-order valence-electron chi connectivity index (χ2n) is 4.75. The van der Waals surface area contributed by atoms with Crippen molar-refractivity contribution < 1.29 is 4.39 Å². The molecule has 0 N–H and O–H groups in total. The van der Waals surface area contributed by atoms with Gasteiger partial charge >= 0.3 is 0 Å². The first-order valence-corrected chi connectivity index (χ1v) is 7.01. The van der Waals surface area contributed by atoms with Crippen LogP contribution in [0, 0.1) is 5.82 Å². The Bertz CT molecular complexity index is 737. The first-order valence-electron chi connectivity index (χ1n) is 6.48. The maximum Gasteiger partial charge on any atom is 0.125 e. The highest BCUT2D eigenvalue weighted by atomic mass is 35.5. The van der Waals surface area contributed by atoms with E-state index in [1.54, 1.807) is 6.07 Å². The van der Waals surface area contributed by atoms with Crippen LogP contribution in [0.1, 0.15) is 24.4 Å². The first kappa shape index (κ1) is 13.1. The number of rotatable bonds is 3. The molecule has 3 rings (SSSR count). The van der Waals surface area contributed by atoms with Gasteiger partial charge in [0.2, 0.25) is 0 Å². The summed E-state index contributed by atoms with van der Waals surface area (Å²) in [7, 11) is 0. The van der Waals surface area contributed by atoms with Crippen LogP contribution in [0.4, 0.5) is 4.39 Å². The molecule has 1 atom stereocenters. The molecule has 1 heterocycles. The molecule has 2 aromatic carbocycles. The number of imidazole rings is 1. The normalized spacial score (nSPS) is 12.8. The molecule has 0 aliphatic heterocycles. The van der Waals surface area contributed by atoms with E-state index < -0.39 is 0 Å². The summed E-state index contributed by atoms with van der Waals surface area (Å²) < 4.78 is 15.5. The van der Waals surface area contributed by atoms with Crippen LogP contribution < -0.4 is 0 Å². The van der Waals surface area contributed by atoms with Gasteiger partial charge in [-0.15, -0.1) is 11.6 Å². The first-order chi connectivity index (χ1) is 9.70. The molecule has 102 valence electrons. The Morgan fingerprint density at radius 1 is 1.20 bits per heavy atom. The maximum atomic E-state index is 13.5. The van der Waals surface area contributed by atoms with Gasteiger partial charge in [0.1, 0.15) is 11.6 Å². The molecule has 4 heteroatoms. The predicted molar refractivity (Wildman–Crippen MR) is 79.5 cm³/mol. The van der Waals surface area contributed by atoms with Crippen molar-refractivity contribution in [2.75, 3.05) is 0 Å². The summed E-state index contributed by atoms with van der Waals surface area (Å²) in [5.41, 5.74) is 2.68. The summed E-state index contributed by atoms with van der Waals surface area (Å²) in [5, 5.41) is 0. The van der Waals surface area contributed by atoms with Crippen molar-refractivity contribution in [3.8, 4) is 0 Å². The average Bonchev–Trinajstić information content (AvgIpc) is 2.85. The highest BCUT2D eigenvalue weighted by Crippen LogP contribution is 2.27. The Labute approximate surface area is 121 Å². The second-order valence-corrected chi connectivity index (χ2v) is 5.02. The van der Waals surface area contributed by atoms with E-state index >= 15 is 0 Å². The van der Waals surface area contributed by atoms with Gasteiger partial charge in [-0.1, -0.05) is 30.3 Å². The van der Waals surface area contributed by atoms with Gasteiger partial charge in [0.25, 0.3) is 0 Å². The Hall–Kier alpha value is -1.87. The van der Waals surface area contributed by atoms with Crippen molar-refractivity contribution in [1.82, 2.24) is 9.55 Å². The zero-order chi connectivity index (χ0) is 14.1. The summed E-state index contributed by atoms with van der Waals surface area (Å²) in [6, 6.07) is 14.7. The number of halogens is 2. The lowest BCUT2D eigenvalue weighted by atomic mass is 10.1. The third-order valence-corrected chi connectivity index (χ3v) is 3.75. The van der Waals surface area contributed by atoms with Crippen LogP contribution in [0.25, 0.3) is 11.0 Å². The summed E-state index contributed by atoms with van der Waals surface area (Å²) in [4.78, 5) is 4.48. The van der Waals surface area contributed by atoms with Crippen molar-refractivity contribution in [2.24, 2.45) is 0 Å². The van der Waals surface area contributed by atoms with Crippen LogP contribution in [0.2, 0.25) is 0 Å². The van der Waals surface area contributed by atoms with Gasteiger partial charge in [0.15, 0.2) is 0 Å². The maximum absolute atomic E-state index is 13.5. The molecule has 0 saturated carbocycles. The smallest absolute Gasteiger partial charge is 0.125 e. The fraction of sp³-hybridized carbons (Fsp3) is 0.188. The highest BCUT2D eigenvalue weighted by molar-refractivity contribution is 6.16. The summed E-state index contributed by atoms with van der Waals surface area (Å²) in [6.07, 6.45) is 0. The zero-order valence-electron chi connectivity index (χ0n) is 11.1. The van der Waals surface area contributed by atoms with Gasteiger partial charge in [0.05, 0.1) is 23.0 Å². The molecule has 0 amide bonds. The number of nitrogens with zero attached hydrogens (tertiary/aromatic N) is 2. The number of hydrogen-bond acceptors (Lipinski definition) is 1. The van der Waals surface area contributed by atoms with Gasteiger partial charge in [-0.3, -0.25) is 0 Å². The second kappa shape index (κ2) is 5.25. The lowest BCUT2D eigenvalue weighted by Crippen LogP contribution is -2.09. The van der Waals surface area contributed by atoms with Crippen molar-refractivity contribution in [2.45, 2.75) is 18.8 Å². The molecule has 0 aliphatic rings. The average molecular weight is 289 g/mol. The number of aromatic nitrogens is 2. The molecular formula is C16H14ClFN2. The molecule has 2 nitrogen and oxygen atoms in total. The third kappa shape index (κ3) is 2.18. The molecule has 0 radical (unpaired) electrons. The fourth-order valence-electron chi connectivity index (χ4n) is 2.52. The molecule has 0 saturated heterocycles. The van der Waals surface area contributed by atoms with Crippen LogP contribution >= 0.6 is 11.6 Å². The standard InChI is InChI=1S/C16H14ClFN2/c1-11(12-5-3-2-4-6-12)20-15-9-13(18)7-8-14(15)19-16(20)10-17/h2-9,11H,10H2,1H3. The van der Waals surface area contributed by atoms with E-state index in [1.165, 1.54) is 12.1 Å². The lowest BCUT2D eigenvalue weighted by molar-refractivity contribution is 0.618. The Kier molecular flexibility index (Phi) is 3.45. The van der Waals surface area contributed by atoms with E-state index in [-0.39, 0.29) is 11.9 Å². The minimum Gasteiger partial charge on any atom is -0.320 e. The molecule has 0 fully saturated rings. The molecule has 20 heavy (non-hydrogen) atoms. The molecule has 1 unspecified atom stereocenters. The molecule has 1 aromatic heterocycles. The monoisotopic (exact) mass is 288 g/mol. The van der Waals surface area contributed by atoms with Crippen LogP contribution in [0.15, 0.2) is 48.5 Å². The minimum absolute atomic E-state index is 0.0525. The van der Waals surface area contributed by atoms with E-state index in [1.807, 2.05) is 34.9 Å². The van der Waals surface area contributed by atoms with Gasteiger partial charge in [0, 0.05) is 0 Å². The van der Waals surface area contributed by atoms with E-state index in [9.17, 15) is 4.39 Å². The van der Waals surface area contributed by atoms with E-state index in [2.05, 4.69) is 11.9 Å². The molecule has 0 aliphatic carbocycles. The zero-order valence-corrected chi connectivity index (χ0v) is 11.8. The number of fused-ring (bicyclic) bond motifs is 1. The topological polar surface area (TPSA) is 17.8 Å². The summed E-state index contributed by atoms with van der Waals surface area (Å²) >= 11 is 6.00. The van der Waals surface area contributed by atoms with Crippen LogP contribution in [-0.2, 0) is 5.88 Å². The Morgan fingerprint density at radius 2 is 1.95 bits per heavy atom.